The number of hydrogen-bond donors (Lipinski definition) is 0. The molecule has 0 spiro atoms. The maximum atomic E-state index is 3.35. The van der Waals surface area contributed by atoms with Crippen LogP contribution in [0.2, 0.25) is 0 Å². The molecule has 0 N–H and O–H groups in total. The Labute approximate surface area is 125 Å². The molecular weight excluding hydrogens is 243 g/mol. The second kappa shape index (κ2) is 6.58. The van der Waals surface area contributed by atoms with Gasteiger partial charge in [-0.2, -0.15) is 14.3 Å². The van der Waals surface area contributed by atoms with Gasteiger partial charge in [-0.3, -0.25) is 0 Å². The van der Waals surface area contributed by atoms with E-state index in [1.807, 2.05) is 0 Å². The first-order chi connectivity index (χ1) is 8.29. The number of hydrogen-bond acceptors (Lipinski definition) is 0. The summed E-state index contributed by atoms with van der Waals surface area (Å²) in [6.07, 6.45) is 0. The zero-order valence-corrected chi connectivity index (χ0v) is 15.2. The van der Waals surface area contributed by atoms with E-state index in [4.69, 9.17) is 0 Å². The van der Waals surface area contributed by atoms with E-state index in [0.717, 1.165) is 0 Å². The zero-order valence-electron chi connectivity index (χ0n) is 14.1. The monoisotopic (exact) mass is 270 g/mol. The molecule has 1 heteroatoms. The van der Waals surface area contributed by atoms with Crippen molar-refractivity contribution in [2.24, 2.45) is 16.2 Å². The van der Waals surface area contributed by atoms with Crippen molar-refractivity contribution in [3.63, 3.8) is 0 Å². The molecule has 0 rings (SSSR count). The van der Waals surface area contributed by atoms with E-state index in [-0.39, 0.29) is 16.2 Å². The van der Waals surface area contributed by atoms with E-state index >= 15 is 0 Å². The first-order valence-electron chi connectivity index (χ1n) is 6.87. The minimum atomic E-state index is -1.62. The van der Waals surface area contributed by atoms with Crippen LogP contribution in [0.1, 0.15) is 62.3 Å². The highest BCUT2D eigenvalue weighted by atomic mass is 27.2. The maximum Gasteiger partial charge on any atom is 0.574 e. The van der Waals surface area contributed by atoms with Gasteiger partial charge >= 0.3 is 14.1 Å². The van der Waals surface area contributed by atoms with E-state index < -0.39 is 14.1 Å². The van der Waals surface area contributed by atoms with E-state index in [1.54, 1.807) is 0 Å². The molecule has 0 aliphatic carbocycles. The van der Waals surface area contributed by atoms with Crippen molar-refractivity contribution in [2.75, 3.05) is 0 Å². The van der Waals surface area contributed by atoms with Gasteiger partial charge in [0.2, 0.25) is 0 Å². The van der Waals surface area contributed by atoms with Crippen LogP contribution in [0, 0.1) is 48.4 Å². The van der Waals surface area contributed by atoms with Gasteiger partial charge in [0.25, 0.3) is 0 Å². The lowest BCUT2D eigenvalue weighted by atomic mass is 9.99. The smallest absolute Gasteiger partial charge is 0.168 e. The molecule has 0 aromatic heterocycles. The molecule has 0 nitrogen and oxygen atoms in total. The molecule has 0 atom stereocenters. The highest BCUT2D eigenvalue weighted by Crippen LogP contribution is 2.12. The van der Waals surface area contributed by atoms with Crippen molar-refractivity contribution in [1.82, 2.24) is 0 Å². The average Bonchev–Trinajstić information content (AvgIpc) is 2.11. The third kappa shape index (κ3) is 13.4. The first kappa shape index (κ1) is 18.2. The molecule has 0 unspecified atom stereocenters. The Kier molecular flexibility index (Phi) is 6.31. The maximum absolute atomic E-state index is 3.35. The van der Waals surface area contributed by atoms with Gasteiger partial charge in [-0.25, -0.2) is 0 Å². The van der Waals surface area contributed by atoms with Gasteiger partial charge in [-0.05, 0) is 62.3 Å². The van der Waals surface area contributed by atoms with Gasteiger partial charge in [0.1, 0.15) is 0 Å². The second-order valence-electron chi connectivity index (χ2n) is 7.99. The minimum Gasteiger partial charge on any atom is -0.168 e. The molecule has 0 saturated heterocycles. The Morgan fingerprint density at radius 2 is 0.684 bits per heavy atom. The molecule has 0 aliphatic heterocycles. The van der Waals surface area contributed by atoms with Crippen LogP contribution in [0.3, 0.4) is 0 Å². The Hall–Kier alpha value is -0.788. The molecule has 0 amide bonds. The van der Waals surface area contributed by atoms with E-state index in [9.17, 15) is 0 Å². The van der Waals surface area contributed by atoms with E-state index in [0.29, 0.717) is 0 Å². The van der Waals surface area contributed by atoms with Crippen LogP contribution < -0.4 is 0 Å². The fraction of sp³-hybridized carbons (Fsp3) is 0.667. The summed E-state index contributed by atoms with van der Waals surface area (Å²) in [7, 11) is 0. The van der Waals surface area contributed by atoms with Crippen molar-refractivity contribution < 1.29 is 0 Å². The number of rotatable bonds is 0. The van der Waals surface area contributed by atoms with Gasteiger partial charge in [-0.1, -0.05) is 0 Å². The van der Waals surface area contributed by atoms with Gasteiger partial charge in [-0.15, -0.1) is 17.8 Å². The van der Waals surface area contributed by atoms with Crippen LogP contribution in [0.4, 0.5) is 0 Å². The molecule has 0 saturated carbocycles. The Balaban J connectivity index is 5.30. The van der Waals surface area contributed by atoms with Crippen LogP contribution >= 0.6 is 0 Å². The fourth-order valence-corrected chi connectivity index (χ4v) is 2.92. The molecule has 0 fully saturated rings. The summed E-state index contributed by atoms with van der Waals surface area (Å²) >= 11 is -1.62. The Morgan fingerprint density at radius 3 is 0.842 bits per heavy atom. The molecule has 0 aliphatic rings. The second-order valence-corrected chi connectivity index (χ2v) is 9.72. The highest BCUT2D eigenvalue weighted by Gasteiger charge is 2.14. The van der Waals surface area contributed by atoms with Crippen LogP contribution in [0.25, 0.3) is 0 Å². The molecule has 0 aromatic carbocycles. The van der Waals surface area contributed by atoms with E-state index in [1.165, 1.54) is 0 Å². The lowest BCUT2D eigenvalue weighted by Gasteiger charge is -2.09. The molecule has 0 bridgehead atoms. The van der Waals surface area contributed by atoms with Gasteiger partial charge in [0.15, 0.2) is 0 Å². The molecule has 0 aromatic rings. The normalized spacial score (nSPS) is 11.2. The lowest BCUT2D eigenvalue weighted by Crippen LogP contribution is -2.12. The summed E-state index contributed by atoms with van der Waals surface area (Å²) < 4.78 is 0. The third-order valence-corrected chi connectivity index (χ3v) is 3.07. The molecule has 102 valence electrons. The summed E-state index contributed by atoms with van der Waals surface area (Å²) in [4.78, 5) is 10.0. The molecular formula is C18H27Al. The SMILES string of the molecule is CC(C)(C)C#[C][Al]([C]#CC(C)(C)C)[C]#CC(C)(C)C. The Bertz CT molecular complexity index is 394. The van der Waals surface area contributed by atoms with Gasteiger partial charge in [0, 0.05) is 16.2 Å². The molecule has 0 heterocycles. The summed E-state index contributed by atoms with van der Waals surface area (Å²) in [6.45, 7) is 19.1. The van der Waals surface area contributed by atoms with Crippen LogP contribution in [-0.4, -0.2) is 14.1 Å². The van der Waals surface area contributed by atoms with Crippen LogP contribution in [-0.2, 0) is 0 Å². The third-order valence-electron chi connectivity index (χ3n) is 1.77. The molecule has 19 heavy (non-hydrogen) atoms. The average molecular weight is 270 g/mol. The fourth-order valence-electron chi connectivity index (χ4n) is 0.974. The van der Waals surface area contributed by atoms with Crippen molar-refractivity contribution in [3.8, 4) is 32.1 Å². The minimum absolute atomic E-state index is 0.0259. The van der Waals surface area contributed by atoms with Crippen molar-refractivity contribution >= 4 is 14.1 Å². The largest absolute Gasteiger partial charge is 0.574 e. The molecule has 0 radical (unpaired) electrons. The summed E-state index contributed by atoms with van der Waals surface area (Å²) in [5.41, 5.74) is 0.0776. The quantitative estimate of drug-likeness (QED) is 0.456. The predicted molar refractivity (Wildman–Crippen MR) is 87.4 cm³/mol. The van der Waals surface area contributed by atoms with Crippen molar-refractivity contribution in [1.29, 1.82) is 0 Å². The highest BCUT2D eigenvalue weighted by molar-refractivity contribution is 6.82. The van der Waals surface area contributed by atoms with Gasteiger partial charge in [0.05, 0.1) is 0 Å². The zero-order chi connectivity index (χ0) is 15.3. The van der Waals surface area contributed by atoms with Crippen LogP contribution in [0.15, 0.2) is 0 Å². The summed E-state index contributed by atoms with van der Waals surface area (Å²) in [5.74, 6) is 9.90. The van der Waals surface area contributed by atoms with E-state index in [2.05, 4.69) is 94.4 Å². The summed E-state index contributed by atoms with van der Waals surface area (Å²) in [5, 5.41) is 0. The van der Waals surface area contributed by atoms with Gasteiger partial charge < -0.3 is 0 Å². The predicted octanol–water partition coefficient (Wildman–Crippen LogP) is 4.25. The lowest BCUT2D eigenvalue weighted by molar-refractivity contribution is 0.571. The van der Waals surface area contributed by atoms with Crippen molar-refractivity contribution in [2.45, 2.75) is 62.3 Å². The summed E-state index contributed by atoms with van der Waals surface area (Å²) in [6, 6.07) is 0. The standard InChI is InChI=1S/3C6H9.Al/c3*1-5-6(2,3)4;/h3*2-4H3;. The van der Waals surface area contributed by atoms with Crippen LogP contribution in [0.5, 0.6) is 0 Å². The Morgan fingerprint density at radius 1 is 0.474 bits per heavy atom. The topological polar surface area (TPSA) is 0 Å². The van der Waals surface area contributed by atoms with Crippen molar-refractivity contribution in [3.05, 3.63) is 0 Å². The first-order valence-corrected chi connectivity index (χ1v) is 8.60.